The van der Waals surface area contributed by atoms with Gasteiger partial charge in [0, 0.05) is 12.1 Å². The Bertz CT molecular complexity index is 1190. The number of hydrogen-bond donors (Lipinski definition) is 2. The van der Waals surface area contributed by atoms with E-state index in [9.17, 15) is 9.18 Å². The van der Waals surface area contributed by atoms with Gasteiger partial charge < -0.3 is 10.6 Å². The van der Waals surface area contributed by atoms with Gasteiger partial charge in [0.1, 0.15) is 5.82 Å². The Kier molecular flexibility index (Phi) is 4.88. The summed E-state index contributed by atoms with van der Waals surface area (Å²) in [5.41, 5.74) is 1.92. The monoisotopic (exact) mass is 422 g/mol. The van der Waals surface area contributed by atoms with Crippen LogP contribution in [0.2, 0.25) is 0 Å². The minimum absolute atomic E-state index is 0.0279. The quantitative estimate of drug-likeness (QED) is 0.511. The molecule has 2 heterocycles. The first kappa shape index (κ1) is 18.7. The molecule has 2 atom stereocenters. The Labute approximate surface area is 175 Å². The molecular formula is C21H19FN6OS. The molecule has 5 rings (SSSR count). The van der Waals surface area contributed by atoms with Gasteiger partial charge in [-0.05, 0) is 49.6 Å². The number of anilines is 1. The standard InChI is InChI=1S/C21H19FN6OS/c22-13-8-9-17-19(12-13)30-21(27-17)26-16-6-3-5-15(16)25-20(29)14-4-1-2-7-18(14)28-23-10-11-24-28/h1-2,4,7-12,15-16H,3,5-6H2,(H,25,29)(H,26,27)/t15-,16-/m0/s1. The average Bonchev–Trinajstić information content (AvgIpc) is 3.49. The molecule has 1 aliphatic carbocycles. The third kappa shape index (κ3) is 3.63. The van der Waals surface area contributed by atoms with Crippen LogP contribution in [0.1, 0.15) is 29.6 Å². The van der Waals surface area contributed by atoms with Crippen LogP contribution in [-0.2, 0) is 0 Å². The maximum Gasteiger partial charge on any atom is 0.253 e. The summed E-state index contributed by atoms with van der Waals surface area (Å²) in [6.07, 6.45) is 5.97. The summed E-state index contributed by atoms with van der Waals surface area (Å²) in [5, 5.41) is 15.6. The van der Waals surface area contributed by atoms with E-state index < -0.39 is 0 Å². The van der Waals surface area contributed by atoms with Gasteiger partial charge in [-0.3, -0.25) is 4.79 Å². The molecule has 0 bridgehead atoms. The van der Waals surface area contributed by atoms with Crippen LogP contribution < -0.4 is 10.6 Å². The summed E-state index contributed by atoms with van der Waals surface area (Å²) in [4.78, 5) is 19.0. The third-order valence-corrected chi connectivity index (χ3v) is 6.22. The number of thiazole rings is 1. The molecule has 1 saturated carbocycles. The average molecular weight is 422 g/mol. The first-order chi connectivity index (χ1) is 14.7. The number of carbonyl (C=O) groups excluding carboxylic acids is 1. The Morgan fingerprint density at radius 1 is 1.10 bits per heavy atom. The molecular weight excluding hydrogens is 403 g/mol. The molecule has 1 amide bonds. The number of fused-ring (bicyclic) bond motifs is 1. The first-order valence-electron chi connectivity index (χ1n) is 9.76. The van der Waals surface area contributed by atoms with E-state index in [1.54, 1.807) is 24.5 Å². The number of nitrogens with zero attached hydrogens (tertiary/aromatic N) is 4. The van der Waals surface area contributed by atoms with Gasteiger partial charge in [-0.1, -0.05) is 23.5 Å². The van der Waals surface area contributed by atoms with Crippen LogP contribution in [0.25, 0.3) is 15.9 Å². The Balaban J connectivity index is 1.33. The molecule has 30 heavy (non-hydrogen) atoms. The normalized spacial score (nSPS) is 18.6. The maximum atomic E-state index is 13.5. The van der Waals surface area contributed by atoms with Crippen LogP contribution in [0.15, 0.2) is 54.9 Å². The molecule has 1 aliphatic rings. The van der Waals surface area contributed by atoms with Gasteiger partial charge in [0.2, 0.25) is 0 Å². The lowest BCUT2D eigenvalue weighted by atomic mass is 10.1. The lowest BCUT2D eigenvalue weighted by Gasteiger charge is -2.22. The maximum absolute atomic E-state index is 13.5. The van der Waals surface area contributed by atoms with Crippen LogP contribution >= 0.6 is 11.3 Å². The highest BCUT2D eigenvalue weighted by atomic mass is 32.1. The molecule has 0 aliphatic heterocycles. The highest BCUT2D eigenvalue weighted by Gasteiger charge is 2.30. The number of hydrogen-bond acceptors (Lipinski definition) is 6. The van der Waals surface area contributed by atoms with Gasteiger partial charge >= 0.3 is 0 Å². The van der Waals surface area contributed by atoms with Crippen LogP contribution in [0.3, 0.4) is 0 Å². The summed E-state index contributed by atoms with van der Waals surface area (Å²) in [5.74, 6) is -0.429. The number of carbonyl (C=O) groups is 1. The van der Waals surface area contributed by atoms with Crippen molar-refractivity contribution in [3.63, 3.8) is 0 Å². The van der Waals surface area contributed by atoms with E-state index in [4.69, 9.17) is 0 Å². The van der Waals surface area contributed by atoms with E-state index in [0.29, 0.717) is 11.3 Å². The molecule has 152 valence electrons. The summed E-state index contributed by atoms with van der Waals surface area (Å²) in [6.45, 7) is 0. The molecule has 0 saturated heterocycles. The van der Waals surface area contributed by atoms with Gasteiger partial charge in [0.25, 0.3) is 5.91 Å². The number of rotatable bonds is 5. The molecule has 4 aromatic rings. The van der Waals surface area contributed by atoms with E-state index in [-0.39, 0.29) is 23.8 Å². The lowest BCUT2D eigenvalue weighted by molar-refractivity contribution is 0.0935. The summed E-state index contributed by atoms with van der Waals surface area (Å²) in [6, 6.07) is 11.9. The highest BCUT2D eigenvalue weighted by molar-refractivity contribution is 7.22. The summed E-state index contributed by atoms with van der Waals surface area (Å²) >= 11 is 1.42. The molecule has 0 spiro atoms. The van der Waals surface area contributed by atoms with Crippen molar-refractivity contribution < 1.29 is 9.18 Å². The molecule has 1 fully saturated rings. The number of benzene rings is 2. The van der Waals surface area contributed by atoms with E-state index in [0.717, 1.165) is 34.6 Å². The number of halogens is 1. The van der Waals surface area contributed by atoms with Gasteiger partial charge in [0.05, 0.1) is 33.9 Å². The van der Waals surface area contributed by atoms with Crippen molar-refractivity contribution in [2.24, 2.45) is 0 Å². The number of amides is 1. The second kappa shape index (κ2) is 7.83. The van der Waals surface area contributed by atoms with Crippen molar-refractivity contribution in [3.8, 4) is 5.69 Å². The molecule has 2 aromatic heterocycles. The molecule has 2 N–H and O–H groups in total. The molecule has 0 radical (unpaired) electrons. The molecule has 7 nitrogen and oxygen atoms in total. The van der Waals surface area contributed by atoms with Crippen molar-refractivity contribution in [3.05, 3.63) is 66.2 Å². The van der Waals surface area contributed by atoms with Crippen molar-refractivity contribution in [2.45, 2.75) is 31.3 Å². The van der Waals surface area contributed by atoms with Crippen LogP contribution in [0, 0.1) is 5.82 Å². The summed E-state index contributed by atoms with van der Waals surface area (Å²) in [7, 11) is 0. The van der Waals surface area contributed by atoms with Crippen LogP contribution in [0.4, 0.5) is 9.52 Å². The van der Waals surface area contributed by atoms with Gasteiger partial charge in [-0.25, -0.2) is 9.37 Å². The topological polar surface area (TPSA) is 84.7 Å². The van der Waals surface area contributed by atoms with E-state index in [1.807, 2.05) is 18.2 Å². The van der Waals surface area contributed by atoms with E-state index >= 15 is 0 Å². The first-order valence-corrected chi connectivity index (χ1v) is 10.6. The fourth-order valence-corrected chi connectivity index (χ4v) is 4.80. The molecule has 9 heteroatoms. The predicted octanol–water partition coefficient (Wildman–Crippen LogP) is 3.78. The van der Waals surface area contributed by atoms with Gasteiger partial charge in [-0.2, -0.15) is 15.0 Å². The third-order valence-electron chi connectivity index (χ3n) is 5.27. The van der Waals surface area contributed by atoms with Crippen molar-refractivity contribution >= 4 is 32.6 Å². The minimum atomic E-state index is -0.269. The highest BCUT2D eigenvalue weighted by Crippen LogP contribution is 2.30. The van der Waals surface area contributed by atoms with Crippen molar-refractivity contribution in [2.75, 3.05) is 5.32 Å². The number of para-hydroxylation sites is 1. The smallest absolute Gasteiger partial charge is 0.253 e. The number of nitrogens with one attached hydrogen (secondary N) is 2. The van der Waals surface area contributed by atoms with Gasteiger partial charge in [0.15, 0.2) is 5.13 Å². The largest absolute Gasteiger partial charge is 0.357 e. The molecule has 0 unspecified atom stereocenters. The molecule has 2 aromatic carbocycles. The SMILES string of the molecule is O=C(N[C@H]1CCC[C@@H]1Nc1nc2ccc(F)cc2s1)c1ccccc1-n1nccn1. The zero-order valence-corrected chi connectivity index (χ0v) is 16.8. The second-order valence-corrected chi connectivity index (χ2v) is 8.26. The Hall–Kier alpha value is -3.33. The van der Waals surface area contributed by atoms with E-state index in [1.165, 1.54) is 28.3 Å². The Morgan fingerprint density at radius 3 is 2.77 bits per heavy atom. The lowest BCUT2D eigenvalue weighted by Crippen LogP contribution is -2.43. The predicted molar refractivity (Wildman–Crippen MR) is 113 cm³/mol. The Morgan fingerprint density at radius 2 is 1.90 bits per heavy atom. The minimum Gasteiger partial charge on any atom is -0.357 e. The van der Waals surface area contributed by atoms with Crippen LogP contribution in [0.5, 0.6) is 0 Å². The summed E-state index contributed by atoms with van der Waals surface area (Å²) < 4.78 is 14.3. The zero-order chi connectivity index (χ0) is 20.5. The van der Waals surface area contributed by atoms with Crippen molar-refractivity contribution in [1.82, 2.24) is 25.3 Å². The van der Waals surface area contributed by atoms with Crippen LogP contribution in [-0.4, -0.2) is 38.0 Å². The zero-order valence-electron chi connectivity index (χ0n) is 16.0. The van der Waals surface area contributed by atoms with Gasteiger partial charge in [-0.15, -0.1) is 0 Å². The number of aromatic nitrogens is 4. The fraction of sp³-hybridized carbons (Fsp3) is 0.238. The fourth-order valence-electron chi connectivity index (χ4n) is 3.85. The second-order valence-electron chi connectivity index (χ2n) is 7.23. The van der Waals surface area contributed by atoms with Crippen molar-refractivity contribution in [1.29, 1.82) is 0 Å². The van der Waals surface area contributed by atoms with E-state index in [2.05, 4.69) is 25.8 Å².